The highest BCUT2D eigenvalue weighted by atomic mass is 32.2. The molecule has 2 aliphatic heterocycles. The highest BCUT2D eigenvalue weighted by molar-refractivity contribution is 7.83. The van der Waals surface area contributed by atoms with Crippen LogP contribution in [0.5, 0.6) is 17.2 Å². The van der Waals surface area contributed by atoms with Gasteiger partial charge in [0, 0.05) is 14.1 Å². The van der Waals surface area contributed by atoms with Crippen LogP contribution in [0.4, 0.5) is 5.69 Å². The van der Waals surface area contributed by atoms with Crippen LogP contribution in [0.25, 0.3) is 0 Å². The Balaban J connectivity index is 1.59. The van der Waals surface area contributed by atoms with E-state index in [2.05, 4.69) is 26.0 Å². The molecule has 0 aliphatic carbocycles. The Bertz CT molecular complexity index is 1220. The Kier molecular flexibility index (Phi) is 6.05. The number of anilines is 1. The number of aromatic hydroxyl groups is 1. The Morgan fingerprint density at radius 1 is 1.18 bits per heavy atom. The summed E-state index contributed by atoms with van der Waals surface area (Å²) in [5, 5.41) is 16.8. The summed E-state index contributed by atoms with van der Waals surface area (Å²) >= 11 is -1.85. The maximum atomic E-state index is 12.3. The summed E-state index contributed by atoms with van der Waals surface area (Å²) < 4.78 is 31.0. The smallest absolute Gasteiger partial charge is 0.269 e. The number of nitrogens with zero attached hydrogens (tertiary/aromatic N) is 3. The third-order valence-electron chi connectivity index (χ3n) is 4.99. The molecule has 0 saturated carbocycles. The molecular formula is C22H23N5O5S. The first-order valence-corrected chi connectivity index (χ1v) is 11.0. The van der Waals surface area contributed by atoms with Gasteiger partial charge < -0.3 is 30.1 Å². The highest BCUT2D eigenvalue weighted by Gasteiger charge is 2.26. The summed E-state index contributed by atoms with van der Waals surface area (Å²) in [6, 6.07) is 9.85. The van der Waals surface area contributed by atoms with E-state index < -0.39 is 17.2 Å². The third kappa shape index (κ3) is 4.53. The van der Waals surface area contributed by atoms with Crippen LogP contribution < -0.4 is 20.1 Å². The summed E-state index contributed by atoms with van der Waals surface area (Å²) in [6.45, 7) is 6.06. The van der Waals surface area contributed by atoms with E-state index >= 15 is 0 Å². The number of para-hydroxylation sites is 1. The van der Waals surface area contributed by atoms with Crippen molar-refractivity contribution in [1.82, 2.24) is 10.2 Å². The van der Waals surface area contributed by atoms with Crippen molar-refractivity contribution in [3.63, 3.8) is 0 Å². The molecule has 4 rings (SSSR count). The van der Waals surface area contributed by atoms with E-state index in [1.54, 1.807) is 26.2 Å². The highest BCUT2D eigenvalue weighted by Crippen LogP contribution is 2.35. The van der Waals surface area contributed by atoms with E-state index in [9.17, 15) is 14.1 Å². The molecule has 172 valence electrons. The van der Waals surface area contributed by atoms with Crippen LogP contribution in [0.3, 0.4) is 0 Å². The number of amides is 1. The van der Waals surface area contributed by atoms with E-state index in [0.717, 1.165) is 11.1 Å². The molecule has 0 aromatic heterocycles. The van der Waals surface area contributed by atoms with Crippen LogP contribution >= 0.6 is 0 Å². The maximum Gasteiger partial charge on any atom is 0.269 e. The maximum absolute atomic E-state index is 12.3. The number of carbonyl (C=O) groups excluding carboxylic acids is 1. The molecule has 33 heavy (non-hydrogen) atoms. The summed E-state index contributed by atoms with van der Waals surface area (Å²) in [4.78, 5) is 13.7. The number of carbonyl (C=O) groups is 1. The molecule has 2 aromatic rings. The van der Waals surface area contributed by atoms with Gasteiger partial charge >= 0.3 is 0 Å². The largest absolute Gasteiger partial charge is 0.505 e. The number of amidine groups is 2. The lowest BCUT2D eigenvalue weighted by Crippen LogP contribution is -2.37. The van der Waals surface area contributed by atoms with Crippen molar-refractivity contribution < 1.29 is 23.6 Å². The molecule has 3 N–H and O–H groups in total. The molecular weight excluding hydrogens is 446 g/mol. The summed E-state index contributed by atoms with van der Waals surface area (Å²) in [6.07, 6.45) is 0. The monoisotopic (exact) mass is 469 g/mol. The van der Waals surface area contributed by atoms with Crippen molar-refractivity contribution in [2.75, 3.05) is 26.2 Å². The second kappa shape index (κ2) is 8.94. The zero-order valence-electron chi connectivity index (χ0n) is 18.3. The van der Waals surface area contributed by atoms with E-state index in [1.165, 1.54) is 11.0 Å². The SMILES string of the molecule is C=C(C)[C@@H](NC1=NS(=O)N=C1Nc1cccc(C(=O)N(C)C)c1O)c1ccc2c(c1)OCO2. The van der Waals surface area contributed by atoms with Crippen molar-refractivity contribution in [3.8, 4) is 17.2 Å². The number of benzene rings is 2. The molecule has 2 atom stereocenters. The van der Waals surface area contributed by atoms with Crippen molar-refractivity contribution in [2.45, 2.75) is 13.0 Å². The molecule has 1 unspecified atom stereocenters. The molecule has 1 amide bonds. The first-order valence-electron chi connectivity index (χ1n) is 9.96. The van der Waals surface area contributed by atoms with Gasteiger partial charge in [-0.25, -0.2) is 4.21 Å². The number of phenolic OH excluding ortho intramolecular Hbond substituents is 1. The van der Waals surface area contributed by atoms with Crippen LogP contribution in [0.15, 0.2) is 57.3 Å². The molecule has 0 spiro atoms. The fraction of sp³-hybridized carbons (Fsp3) is 0.227. The number of phenols is 1. The molecule has 2 aromatic carbocycles. The van der Waals surface area contributed by atoms with Gasteiger partial charge in [0.05, 0.1) is 17.3 Å². The van der Waals surface area contributed by atoms with E-state index in [1.807, 2.05) is 25.1 Å². The van der Waals surface area contributed by atoms with Gasteiger partial charge in [0.2, 0.25) is 6.79 Å². The quantitative estimate of drug-likeness (QED) is 0.454. The molecule has 10 nitrogen and oxygen atoms in total. The first-order chi connectivity index (χ1) is 15.7. The average molecular weight is 470 g/mol. The average Bonchev–Trinajstić information content (AvgIpc) is 3.38. The minimum atomic E-state index is -1.85. The standard InChI is InChI=1S/C22H23N5O5S/c1-12(2)18(13-8-9-16-17(10-13)32-11-31-16)24-21-20(25-33(30)26-21)23-15-7-5-6-14(19(15)28)22(29)27(3)4/h5-10,18,28H,1,11H2,2-4H3,(H,23,25)(H,24,26)/t18-,33?/m1/s1. The fourth-order valence-corrected chi connectivity index (χ4v) is 3.97. The molecule has 2 aliphatic rings. The third-order valence-corrected chi connectivity index (χ3v) is 5.67. The van der Waals surface area contributed by atoms with Gasteiger partial charge in [0.25, 0.3) is 17.1 Å². The molecule has 2 heterocycles. The lowest BCUT2D eigenvalue weighted by molar-refractivity contribution is 0.0824. The van der Waals surface area contributed by atoms with Crippen molar-refractivity contribution in [3.05, 3.63) is 59.7 Å². The molecule has 11 heteroatoms. The summed E-state index contributed by atoms with van der Waals surface area (Å²) in [7, 11) is 3.18. The number of hydrogen-bond acceptors (Lipinski definition) is 7. The Morgan fingerprint density at radius 2 is 1.91 bits per heavy atom. The van der Waals surface area contributed by atoms with E-state index in [4.69, 9.17) is 9.47 Å². The molecule has 0 fully saturated rings. The van der Waals surface area contributed by atoms with Crippen molar-refractivity contribution >= 4 is 34.4 Å². The number of ether oxygens (including phenoxy) is 2. The number of hydrogen-bond donors (Lipinski definition) is 3. The van der Waals surface area contributed by atoms with E-state index in [-0.39, 0.29) is 41.4 Å². The van der Waals surface area contributed by atoms with Gasteiger partial charge in [-0.05, 0) is 36.8 Å². The second-order valence-corrected chi connectivity index (χ2v) is 8.50. The first kappa shape index (κ1) is 22.3. The predicted molar refractivity (Wildman–Crippen MR) is 126 cm³/mol. The minimum Gasteiger partial charge on any atom is -0.505 e. The lowest BCUT2D eigenvalue weighted by atomic mass is 10.00. The number of rotatable bonds is 5. The summed E-state index contributed by atoms with van der Waals surface area (Å²) in [5.74, 6) is 1.06. The summed E-state index contributed by atoms with van der Waals surface area (Å²) in [5.41, 5.74) is 1.96. The zero-order chi connectivity index (χ0) is 23.7. The molecule has 0 saturated heterocycles. The topological polar surface area (TPSA) is 125 Å². The second-order valence-electron chi connectivity index (χ2n) is 7.67. The van der Waals surface area contributed by atoms with Crippen molar-refractivity contribution in [2.24, 2.45) is 8.80 Å². The van der Waals surface area contributed by atoms with E-state index in [0.29, 0.717) is 11.5 Å². The van der Waals surface area contributed by atoms with Crippen LogP contribution in [-0.2, 0) is 11.2 Å². The van der Waals surface area contributed by atoms with Gasteiger partial charge in [0.1, 0.15) is 0 Å². The minimum absolute atomic E-state index is 0.122. The van der Waals surface area contributed by atoms with Crippen LogP contribution in [0.2, 0.25) is 0 Å². The van der Waals surface area contributed by atoms with Crippen LogP contribution in [-0.4, -0.2) is 52.7 Å². The predicted octanol–water partition coefficient (Wildman–Crippen LogP) is 2.53. The van der Waals surface area contributed by atoms with Gasteiger partial charge in [-0.15, -0.1) is 8.80 Å². The van der Waals surface area contributed by atoms with Crippen LogP contribution in [0, 0.1) is 0 Å². The zero-order valence-corrected chi connectivity index (χ0v) is 19.1. The van der Waals surface area contributed by atoms with Crippen LogP contribution in [0.1, 0.15) is 28.9 Å². The molecule has 0 bridgehead atoms. The number of fused-ring (bicyclic) bond motifs is 1. The Morgan fingerprint density at radius 3 is 2.64 bits per heavy atom. The van der Waals surface area contributed by atoms with Gasteiger partial charge in [-0.3, -0.25) is 4.79 Å². The molecule has 0 radical (unpaired) electrons. The van der Waals surface area contributed by atoms with Gasteiger partial charge in [-0.1, -0.05) is 24.3 Å². The normalized spacial score (nSPS) is 17.1. The van der Waals surface area contributed by atoms with Gasteiger partial charge in [-0.2, -0.15) is 0 Å². The fourth-order valence-electron chi connectivity index (χ4n) is 3.35. The Labute approximate surface area is 193 Å². The van der Waals surface area contributed by atoms with Crippen molar-refractivity contribution in [1.29, 1.82) is 0 Å². The van der Waals surface area contributed by atoms with Gasteiger partial charge in [0.15, 0.2) is 28.9 Å². The number of nitrogens with one attached hydrogen (secondary N) is 2. The lowest BCUT2D eigenvalue weighted by Gasteiger charge is -2.21. The Hall–Kier alpha value is -3.86.